The van der Waals surface area contributed by atoms with Gasteiger partial charge in [0.1, 0.15) is 0 Å². The summed E-state index contributed by atoms with van der Waals surface area (Å²) >= 11 is 7.88. The van der Waals surface area contributed by atoms with E-state index < -0.39 is 4.87 Å². The van der Waals surface area contributed by atoms with Gasteiger partial charge in [0, 0.05) is 29.3 Å². The maximum Gasteiger partial charge on any atom is 0.268 e. The Balaban J connectivity index is 1.78. The van der Waals surface area contributed by atoms with E-state index in [2.05, 4.69) is 6.07 Å². The minimum atomic E-state index is -1.00. The summed E-state index contributed by atoms with van der Waals surface area (Å²) < 4.78 is 0. The molecule has 2 aromatic carbocycles. The molecular weight excluding hydrogens is 404 g/mol. The first-order valence-corrected chi connectivity index (χ1v) is 11.3. The second-order valence-electron chi connectivity index (χ2n) is 8.18. The van der Waals surface area contributed by atoms with E-state index in [1.807, 2.05) is 62.1 Å². The normalized spacial score (nSPS) is 20.8. The van der Waals surface area contributed by atoms with E-state index in [1.54, 1.807) is 16.7 Å². The number of amides is 2. The highest BCUT2D eigenvalue weighted by atomic mass is 35.5. The molecule has 0 aromatic heterocycles. The van der Waals surface area contributed by atoms with Gasteiger partial charge in [-0.1, -0.05) is 55.3 Å². The molecule has 1 fully saturated rings. The van der Waals surface area contributed by atoms with Crippen LogP contribution in [0.4, 0.5) is 5.69 Å². The van der Waals surface area contributed by atoms with Crippen molar-refractivity contribution in [1.82, 2.24) is 4.90 Å². The van der Waals surface area contributed by atoms with Crippen LogP contribution in [-0.4, -0.2) is 29.0 Å². The Morgan fingerprint density at radius 3 is 2.76 bits per heavy atom. The lowest BCUT2D eigenvalue weighted by atomic mass is 10.0. The summed E-state index contributed by atoms with van der Waals surface area (Å²) in [5.74, 6) is 0.959. The first-order chi connectivity index (χ1) is 13.8. The van der Waals surface area contributed by atoms with Crippen molar-refractivity contribution in [1.29, 1.82) is 0 Å². The first kappa shape index (κ1) is 20.3. The quantitative estimate of drug-likeness (QED) is 0.690. The Morgan fingerprint density at radius 1 is 1.24 bits per heavy atom. The SMILES string of the molecule is Cc1cccc(CN2C(=O)[C@]3(SCCN3C(=O)CC(C)C)c3cc(Cl)ccc32)c1. The van der Waals surface area contributed by atoms with Crippen LogP contribution in [0.15, 0.2) is 42.5 Å². The second kappa shape index (κ2) is 7.69. The molecule has 6 heteroatoms. The Bertz CT molecular complexity index is 977. The van der Waals surface area contributed by atoms with Gasteiger partial charge < -0.3 is 9.80 Å². The molecule has 0 unspecified atom stereocenters. The number of aryl methyl sites for hydroxylation is 1. The van der Waals surface area contributed by atoms with Gasteiger partial charge in [0.05, 0.1) is 12.2 Å². The molecule has 2 aliphatic heterocycles. The monoisotopic (exact) mass is 428 g/mol. The van der Waals surface area contributed by atoms with E-state index in [0.717, 1.165) is 28.1 Å². The molecule has 2 amide bonds. The van der Waals surface area contributed by atoms with Crippen molar-refractivity contribution >= 4 is 40.9 Å². The number of fused-ring (bicyclic) bond motifs is 2. The van der Waals surface area contributed by atoms with Gasteiger partial charge >= 0.3 is 0 Å². The van der Waals surface area contributed by atoms with Crippen LogP contribution in [0.5, 0.6) is 0 Å². The van der Waals surface area contributed by atoms with Crippen molar-refractivity contribution in [3.05, 3.63) is 64.2 Å². The van der Waals surface area contributed by atoms with E-state index in [4.69, 9.17) is 11.6 Å². The third kappa shape index (κ3) is 3.44. The number of hydrogen-bond acceptors (Lipinski definition) is 3. The Labute approximate surface area is 181 Å². The number of nitrogens with zero attached hydrogens (tertiary/aromatic N) is 2. The average Bonchev–Trinajstić information content (AvgIpc) is 3.19. The number of rotatable bonds is 4. The molecule has 4 rings (SSSR count). The van der Waals surface area contributed by atoms with Crippen molar-refractivity contribution in [2.45, 2.75) is 38.6 Å². The van der Waals surface area contributed by atoms with E-state index in [1.165, 1.54) is 0 Å². The Kier molecular flexibility index (Phi) is 5.38. The lowest BCUT2D eigenvalue weighted by Crippen LogP contribution is -2.50. The molecule has 0 bridgehead atoms. The van der Waals surface area contributed by atoms with Crippen LogP contribution < -0.4 is 4.90 Å². The summed E-state index contributed by atoms with van der Waals surface area (Å²) in [6.45, 7) is 7.15. The highest BCUT2D eigenvalue weighted by Crippen LogP contribution is 2.55. The van der Waals surface area contributed by atoms with E-state index in [9.17, 15) is 9.59 Å². The molecule has 0 N–H and O–H groups in total. The fraction of sp³-hybridized carbons (Fsp3) is 0.391. The fourth-order valence-electron chi connectivity index (χ4n) is 4.25. The lowest BCUT2D eigenvalue weighted by Gasteiger charge is -2.33. The smallest absolute Gasteiger partial charge is 0.268 e. The van der Waals surface area contributed by atoms with Gasteiger partial charge in [-0.15, -0.1) is 11.8 Å². The summed E-state index contributed by atoms with van der Waals surface area (Å²) in [4.78, 5) is 29.5. The predicted octanol–water partition coefficient (Wildman–Crippen LogP) is 4.97. The molecule has 152 valence electrons. The molecule has 2 aromatic rings. The summed E-state index contributed by atoms with van der Waals surface area (Å²) in [6.07, 6.45) is 0.434. The van der Waals surface area contributed by atoms with E-state index >= 15 is 0 Å². The standard InChI is InChI=1S/C23H25ClN2O2S/c1-15(2)11-21(27)26-9-10-29-23(26)19-13-18(24)7-8-20(19)25(22(23)28)14-17-6-4-5-16(3)12-17/h4-8,12-13,15H,9-11,14H2,1-3H3/t23-/m1/s1. The molecular formula is C23H25ClN2O2S. The van der Waals surface area contributed by atoms with Crippen molar-refractivity contribution in [2.24, 2.45) is 5.92 Å². The second-order valence-corrected chi connectivity index (χ2v) is 9.90. The molecule has 1 atom stereocenters. The van der Waals surface area contributed by atoms with Crippen LogP contribution >= 0.6 is 23.4 Å². The lowest BCUT2D eigenvalue weighted by molar-refractivity contribution is -0.140. The fourth-order valence-corrected chi connectivity index (χ4v) is 5.90. The van der Waals surface area contributed by atoms with Crippen LogP contribution in [-0.2, 0) is 21.0 Å². The summed E-state index contributed by atoms with van der Waals surface area (Å²) in [5.41, 5.74) is 3.91. The Hall–Kier alpha value is -1.98. The zero-order chi connectivity index (χ0) is 20.8. The highest BCUT2D eigenvalue weighted by molar-refractivity contribution is 8.01. The molecule has 0 radical (unpaired) electrons. The number of benzene rings is 2. The number of thioether (sulfide) groups is 1. The minimum absolute atomic E-state index is 0.0293. The Morgan fingerprint density at radius 2 is 2.03 bits per heavy atom. The van der Waals surface area contributed by atoms with Gasteiger partial charge in [0.15, 0.2) is 4.87 Å². The molecule has 1 spiro atoms. The predicted molar refractivity (Wildman–Crippen MR) is 119 cm³/mol. The zero-order valence-electron chi connectivity index (χ0n) is 16.9. The van der Waals surface area contributed by atoms with E-state index in [0.29, 0.717) is 24.5 Å². The van der Waals surface area contributed by atoms with Crippen LogP contribution in [0.2, 0.25) is 5.02 Å². The number of anilines is 1. The summed E-state index contributed by atoms with van der Waals surface area (Å²) in [7, 11) is 0. The first-order valence-electron chi connectivity index (χ1n) is 9.95. The van der Waals surface area contributed by atoms with Crippen molar-refractivity contribution in [3.8, 4) is 0 Å². The zero-order valence-corrected chi connectivity index (χ0v) is 18.5. The summed E-state index contributed by atoms with van der Waals surface area (Å²) in [6, 6.07) is 13.8. The molecule has 2 aliphatic rings. The van der Waals surface area contributed by atoms with Crippen LogP contribution in [0.3, 0.4) is 0 Å². The molecule has 1 saturated heterocycles. The van der Waals surface area contributed by atoms with Gasteiger partial charge in [-0.3, -0.25) is 9.59 Å². The molecule has 29 heavy (non-hydrogen) atoms. The number of hydrogen-bond donors (Lipinski definition) is 0. The highest BCUT2D eigenvalue weighted by Gasteiger charge is 2.59. The van der Waals surface area contributed by atoms with Crippen LogP contribution in [0, 0.1) is 12.8 Å². The van der Waals surface area contributed by atoms with Crippen molar-refractivity contribution in [2.75, 3.05) is 17.2 Å². The summed E-state index contributed by atoms with van der Waals surface area (Å²) in [5, 5.41) is 0.581. The van der Waals surface area contributed by atoms with Gasteiger partial charge in [0.25, 0.3) is 5.91 Å². The largest absolute Gasteiger partial charge is 0.315 e. The minimum Gasteiger partial charge on any atom is -0.315 e. The van der Waals surface area contributed by atoms with Crippen molar-refractivity contribution < 1.29 is 9.59 Å². The number of carbonyl (C=O) groups excluding carboxylic acids is 2. The van der Waals surface area contributed by atoms with Gasteiger partial charge in [-0.25, -0.2) is 0 Å². The maximum atomic E-state index is 13.9. The van der Waals surface area contributed by atoms with Crippen molar-refractivity contribution in [3.63, 3.8) is 0 Å². The average molecular weight is 429 g/mol. The van der Waals surface area contributed by atoms with E-state index in [-0.39, 0.29) is 17.7 Å². The maximum absolute atomic E-state index is 13.9. The number of carbonyl (C=O) groups is 2. The molecule has 2 heterocycles. The molecule has 0 aliphatic carbocycles. The van der Waals surface area contributed by atoms with Gasteiger partial charge in [0.2, 0.25) is 5.91 Å². The third-order valence-corrected chi connectivity index (χ3v) is 7.12. The molecule has 4 nitrogen and oxygen atoms in total. The topological polar surface area (TPSA) is 40.6 Å². The van der Waals surface area contributed by atoms with Gasteiger partial charge in [-0.05, 0) is 36.6 Å². The molecule has 0 saturated carbocycles. The van der Waals surface area contributed by atoms with Gasteiger partial charge in [-0.2, -0.15) is 0 Å². The van der Waals surface area contributed by atoms with Crippen LogP contribution in [0.25, 0.3) is 0 Å². The van der Waals surface area contributed by atoms with Crippen LogP contribution in [0.1, 0.15) is 37.0 Å². The number of halogens is 1. The third-order valence-electron chi connectivity index (χ3n) is 5.46.